The number of carbonyl (C=O) groups excluding carboxylic acids is 2. The van der Waals surface area contributed by atoms with Gasteiger partial charge in [0.15, 0.2) is 11.6 Å². The lowest BCUT2D eigenvalue weighted by atomic mass is 9.59. The SMILES string of the molecule is O=C1[C@@H]2[C@H]3C[C@H]4[C@@H]2C(=O)[C@]2(Br)[C@@H]4[C@@H]3[C@@]12Br. The van der Waals surface area contributed by atoms with Crippen molar-refractivity contribution in [3.63, 3.8) is 0 Å². The molecule has 78 valence electrons. The molecule has 0 aromatic rings. The minimum absolute atomic E-state index is 0.0799. The minimum Gasteiger partial charge on any atom is -0.298 e. The van der Waals surface area contributed by atoms with Crippen LogP contribution in [0.15, 0.2) is 0 Å². The molecule has 5 aliphatic rings. The second kappa shape index (κ2) is 1.82. The van der Waals surface area contributed by atoms with E-state index >= 15 is 0 Å². The lowest BCUT2D eigenvalue weighted by Gasteiger charge is -2.56. The van der Waals surface area contributed by atoms with Crippen LogP contribution in [0.5, 0.6) is 0 Å². The van der Waals surface area contributed by atoms with Crippen LogP contribution in [0.4, 0.5) is 0 Å². The van der Waals surface area contributed by atoms with E-state index in [4.69, 9.17) is 0 Å². The van der Waals surface area contributed by atoms with Crippen molar-refractivity contribution in [2.24, 2.45) is 35.5 Å². The molecule has 5 saturated carbocycles. The Balaban J connectivity index is 1.95. The summed E-state index contributed by atoms with van der Waals surface area (Å²) in [7, 11) is 0. The summed E-state index contributed by atoms with van der Waals surface area (Å²) in [4.78, 5) is 24.7. The molecule has 0 heterocycles. The topological polar surface area (TPSA) is 34.1 Å². The van der Waals surface area contributed by atoms with Crippen molar-refractivity contribution in [3.05, 3.63) is 0 Å². The Morgan fingerprint density at radius 3 is 1.73 bits per heavy atom. The third-order valence-electron chi connectivity index (χ3n) is 5.93. The number of alkyl halides is 2. The number of carbonyl (C=O) groups is 2. The van der Waals surface area contributed by atoms with E-state index in [1.165, 1.54) is 0 Å². The molecule has 0 aromatic carbocycles. The first-order valence-corrected chi connectivity index (χ1v) is 7.09. The molecule has 4 heteroatoms. The Morgan fingerprint density at radius 2 is 1.33 bits per heavy atom. The molecule has 0 N–H and O–H groups in total. The van der Waals surface area contributed by atoms with E-state index in [-0.39, 0.29) is 11.8 Å². The zero-order chi connectivity index (χ0) is 10.3. The molecule has 0 amide bonds. The van der Waals surface area contributed by atoms with Crippen molar-refractivity contribution < 1.29 is 9.59 Å². The van der Waals surface area contributed by atoms with Gasteiger partial charge in [-0.15, -0.1) is 0 Å². The van der Waals surface area contributed by atoms with Gasteiger partial charge in [-0.3, -0.25) is 9.59 Å². The quantitative estimate of drug-likeness (QED) is 0.631. The van der Waals surface area contributed by atoms with Crippen molar-refractivity contribution >= 4 is 43.4 Å². The molecule has 0 aromatic heterocycles. The van der Waals surface area contributed by atoms with Gasteiger partial charge in [0.2, 0.25) is 0 Å². The lowest BCUT2D eigenvalue weighted by molar-refractivity contribution is -0.139. The van der Waals surface area contributed by atoms with Gasteiger partial charge in [0.1, 0.15) is 8.65 Å². The number of halogens is 2. The molecule has 0 unspecified atom stereocenters. The first-order valence-electron chi connectivity index (χ1n) is 5.51. The maximum absolute atomic E-state index is 12.3. The standard InChI is InChI=1S/C11H8Br2O2/c12-10-6-2-1-3-5(4(2)8(10)14)9(15)11(10,13)7(3)6/h2-7H,1H2/t2-,3+,4-,5+,6-,7+,10-,11-/m1/s1. The van der Waals surface area contributed by atoms with Crippen LogP contribution in [0, 0.1) is 35.5 Å². The highest BCUT2D eigenvalue weighted by Gasteiger charge is 2.95. The highest BCUT2D eigenvalue weighted by Crippen LogP contribution is 2.87. The van der Waals surface area contributed by atoms with Crippen LogP contribution in [0.2, 0.25) is 0 Å². The molecular formula is C11H8Br2O2. The predicted molar refractivity (Wildman–Crippen MR) is 58.9 cm³/mol. The second-order valence-corrected chi connectivity index (χ2v) is 8.32. The third-order valence-corrected chi connectivity index (χ3v) is 9.56. The Morgan fingerprint density at radius 1 is 0.933 bits per heavy atom. The largest absolute Gasteiger partial charge is 0.298 e. The molecule has 0 aliphatic heterocycles. The Labute approximate surface area is 103 Å². The minimum atomic E-state index is -0.515. The molecule has 0 radical (unpaired) electrons. The Hall–Kier alpha value is 0.300. The van der Waals surface area contributed by atoms with Gasteiger partial charge >= 0.3 is 0 Å². The number of hydrogen-bond acceptors (Lipinski definition) is 2. The van der Waals surface area contributed by atoms with Gasteiger partial charge in [-0.1, -0.05) is 31.9 Å². The summed E-state index contributed by atoms with van der Waals surface area (Å²) >= 11 is 7.26. The molecule has 5 rings (SSSR count). The number of ketones is 2. The van der Waals surface area contributed by atoms with Crippen molar-refractivity contribution in [2.45, 2.75) is 15.1 Å². The summed E-state index contributed by atoms with van der Waals surface area (Å²) in [6.07, 6.45) is 1.13. The van der Waals surface area contributed by atoms with Gasteiger partial charge < -0.3 is 0 Å². The van der Waals surface area contributed by atoms with Crippen molar-refractivity contribution in [1.29, 1.82) is 0 Å². The number of hydrogen-bond donors (Lipinski definition) is 0. The number of fused-ring (bicyclic) bond motifs is 2. The summed E-state index contributed by atoms with van der Waals surface area (Å²) in [6.45, 7) is 0. The van der Waals surface area contributed by atoms with Gasteiger partial charge in [0, 0.05) is 11.8 Å². The van der Waals surface area contributed by atoms with Crippen LogP contribution in [0.1, 0.15) is 6.42 Å². The van der Waals surface area contributed by atoms with Gasteiger partial charge in [0.25, 0.3) is 0 Å². The first kappa shape index (κ1) is 8.40. The van der Waals surface area contributed by atoms with Crippen molar-refractivity contribution in [3.8, 4) is 0 Å². The Bertz CT molecular complexity index is 433. The van der Waals surface area contributed by atoms with E-state index in [0.29, 0.717) is 35.2 Å². The highest BCUT2D eigenvalue weighted by molar-refractivity contribution is 9.13. The first-order chi connectivity index (χ1) is 7.04. The normalized spacial score (nSPS) is 75.9. The van der Waals surface area contributed by atoms with Crippen LogP contribution >= 0.6 is 31.9 Å². The molecule has 2 nitrogen and oxygen atoms in total. The average Bonchev–Trinajstić information content (AvgIpc) is 2.79. The van der Waals surface area contributed by atoms with E-state index in [0.717, 1.165) is 6.42 Å². The van der Waals surface area contributed by atoms with Crippen molar-refractivity contribution in [1.82, 2.24) is 0 Å². The summed E-state index contributed by atoms with van der Waals surface area (Å²) in [5.74, 6) is 2.78. The predicted octanol–water partition coefficient (Wildman–Crippen LogP) is 1.55. The number of Topliss-reactive ketones (excluding diaryl/α,β-unsaturated/α-hetero) is 2. The molecule has 15 heavy (non-hydrogen) atoms. The van der Waals surface area contributed by atoms with E-state index in [2.05, 4.69) is 31.9 Å². The van der Waals surface area contributed by atoms with E-state index in [1.54, 1.807) is 0 Å². The van der Waals surface area contributed by atoms with Crippen LogP contribution in [0.25, 0.3) is 0 Å². The monoisotopic (exact) mass is 330 g/mol. The van der Waals surface area contributed by atoms with Gasteiger partial charge in [-0.05, 0) is 30.1 Å². The van der Waals surface area contributed by atoms with Crippen molar-refractivity contribution in [2.75, 3.05) is 0 Å². The molecule has 5 fully saturated rings. The Kier molecular flexibility index (Phi) is 1.02. The third kappa shape index (κ3) is 0.450. The molecule has 2 bridgehead atoms. The zero-order valence-electron chi connectivity index (χ0n) is 7.74. The van der Waals surface area contributed by atoms with Crippen LogP contribution in [-0.4, -0.2) is 20.2 Å². The fraction of sp³-hybridized carbons (Fsp3) is 0.818. The van der Waals surface area contributed by atoms with E-state index in [9.17, 15) is 9.59 Å². The summed E-state index contributed by atoms with van der Waals surface area (Å²) in [5.41, 5.74) is 0. The van der Waals surface area contributed by atoms with Gasteiger partial charge in [-0.2, -0.15) is 0 Å². The van der Waals surface area contributed by atoms with Gasteiger partial charge in [0.05, 0.1) is 0 Å². The van der Waals surface area contributed by atoms with E-state index in [1.807, 2.05) is 0 Å². The highest BCUT2D eigenvalue weighted by atomic mass is 79.9. The summed E-state index contributed by atoms with van der Waals surface area (Å²) in [6, 6.07) is 0. The van der Waals surface area contributed by atoms with Gasteiger partial charge in [-0.25, -0.2) is 0 Å². The summed E-state index contributed by atoms with van der Waals surface area (Å²) in [5, 5.41) is 0. The fourth-order valence-corrected chi connectivity index (χ4v) is 8.47. The zero-order valence-corrected chi connectivity index (χ0v) is 10.9. The van der Waals surface area contributed by atoms with Crippen LogP contribution in [-0.2, 0) is 9.59 Å². The molecule has 0 spiro atoms. The lowest BCUT2D eigenvalue weighted by Crippen LogP contribution is -2.71. The molecular weight excluding hydrogens is 324 g/mol. The fourth-order valence-electron chi connectivity index (χ4n) is 5.77. The molecule has 0 saturated heterocycles. The maximum Gasteiger partial charge on any atom is 0.155 e. The molecule has 8 atom stereocenters. The molecule has 5 aliphatic carbocycles. The van der Waals surface area contributed by atoms with E-state index < -0.39 is 8.65 Å². The maximum atomic E-state index is 12.3. The average molecular weight is 332 g/mol. The second-order valence-electron chi connectivity index (χ2n) is 5.82. The van der Waals surface area contributed by atoms with Crippen LogP contribution in [0.3, 0.4) is 0 Å². The number of rotatable bonds is 0. The smallest absolute Gasteiger partial charge is 0.155 e. The van der Waals surface area contributed by atoms with Crippen LogP contribution < -0.4 is 0 Å². The summed E-state index contributed by atoms with van der Waals surface area (Å²) < 4.78 is -1.03.